The number of anilines is 1. The van der Waals surface area contributed by atoms with E-state index in [4.69, 9.17) is 0 Å². The number of carbonyl (C=O) groups excluding carboxylic acids is 2. The number of benzene rings is 2. The van der Waals surface area contributed by atoms with Crippen LogP contribution in [0.5, 0.6) is 0 Å². The van der Waals surface area contributed by atoms with E-state index < -0.39 is 0 Å². The first kappa shape index (κ1) is 18.9. The molecule has 7 nitrogen and oxygen atoms in total. The van der Waals surface area contributed by atoms with Crippen molar-refractivity contribution < 1.29 is 9.59 Å². The number of fused-ring (bicyclic) bond motifs is 1. The Balaban J connectivity index is 1.41. The SMILES string of the molecule is CC(=O)c1ccc(N2CCN(C(=O)Cn3ncc(=O)c4ccccc43)CC2)cc1. The number of hydrogen-bond donors (Lipinski definition) is 0. The minimum atomic E-state index is -0.145. The molecule has 0 radical (unpaired) electrons. The number of ketones is 1. The predicted octanol–water partition coefficient (Wildman–Crippen LogP) is 1.95. The third-order valence-corrected chi connectivity index (χ3v) is 5.32. The van der Waals surface area contributed by atoms with Gasteiger partial charge in [-0.2, -0.15) is 5.10 Å². The summed E-state index contributed by atoms with van der Waals surface area (Å²) in [5.41, 5.74) is 2.27. The highest BCUT2D eigenvalue weighted by molar-refractivity contribution is 5.94. The van der Waals surface area contributed by atoms with Crippen molar-refractivity contribution in [3.05, 3.63) is 70.5 Å². The highest BCUT2D eigenvalue weighted by Gasteiger charge is 2.22. The molecule has 3 aromatic rings. The van der Waals surface area contributed by atoms with Crippen LogP contribution in [0.1, 0.15) is 17.3 Å². The number of amides is 1. The highest BCUT2D eigenvalue weighted by atomic mass is 16.2. The fourth-order valence-corrected chi connectivity index (χ4v) is 3.64. The average molecular weight is 390 g/mol. The molecule has 1 aromatic heterocycles. The summed E-state index contributed by atoms with van der Waals surface area (Å²) in [4.78, 5) is 40.2. The summed E-state index contributed by atoms with van der Waals surface area (Å²) < 4.78 is 1.59. The lowest BCUT2D eigenvalue weighted by Crippen LogP contribution is -2.49. The van der Waals surface area contributed by atoms with Crippen molar-refractivity contribution >= 4 is 28.3 Å². The smallest absolute Gasteiger partial charge is 0.244 e. The molecule has 0 N–H and O–H groups in total. The van der Waals surface area contributed by atoms with Gasteiger partial charge in [0.1, 0.15) is 6.54 Å². The van der Waals surface area contributed by atoms with E-state index in [2.05, 4.69) is 10.00 Å². The van der Waals surface area contributed by atoms with Crippen LogP contribution < -0.4 is 10.3 Å². The van der Waals surface area contributed by atoms with Gasteiger partial charge in [0.05, 0.1) is 11.7 Å². The third kappa shape index (κ3) is 3.89. The van der Waals surface area contributed by atoms with Gasteiger partial charge in [-0.3, -0.25) is 19.1 Å². The molecule has 1 aliphatic heterocycles. The molecule has 0 bridgehead atoms. The Morgan fingerprint density at radius 2 is 1.66 bits per heavy atom. The number of hydrogen-bond acceptors (Lipinski definition) is 5. The Bertz CT molecular complexity index is 1110. The van der Waals surface area contributed by atoms with Crippen LogP contribution in [0.25, 0.3) is 10.9 Å². The van der Waals surface area contributed by atoms with E-state index in [1.807, 2.05) is 35.2 Å². The standard InChI is InChI=1S/C22H22N4O3/c1-16(27)17-6-8-18(9-7-17)24-10-12-25(13-11-24)22(29)15-26-20-5-3-2-4-19(20)21(28)14-23-26/h2-9,14H,10-13,15H2,1H3. The van der Waals surface area contributed by atoms with Crippen LogP contribution in [0.2, 0.25) is 0 Å². The van der Waals surface area contributed by atoms with Gasteiger partial charge in [-0.15, -0.1) is 0 Å². The van der Waals surface area contributed by atoms with Crippen LogP contribution in [0, 0.1) is 0 Å². The van der Waals surface area contributed by atoms with Crippen LogP contribution in [0.15, 0.2) is 59.5 Å². The maximum atomic E-state index is 12.8. The van der Waals surface area contributed by atoms with Crippen molar-refractivity contribution in [2.24, 2.45) is 0 Å². The van der Waals surface area contributed by atoms with E-state index in [-0.39, 0.29) is 23.7 Å². The quantitative estimate of drug-likeness (QED) is 0.637. The fraction of sp³-hybridized carbons (Fsp3) is 0.273. The lowest BCUT2D eigenvalue weighted by Gasteiger charge is -2.36. The first-order valence-corrected chi connectivity index (χ1v) is 9.61. The maximum Gasteiger partial charge on any atom is 0.244 e. The second-order valence-electron chi connectivity index (χ2n) is 7.15. The molecule has 0 spiro atoms. The van der Waals surface area contributed by atoms with E-state index in [1.165, 1.54) is 6.20 Å². The normalized spacial score (nSPS) is 14.2. The van der Waals surface area contributed by atoms with Crippen LogP contribution in [-0.2, 0) is 11.3 Å². The summed E-state index contributed by atoms with van der Waals surface area (Å²) in [6.45, 7) is 4.35. The Morgan fingerprint density at radius 3 is 2.34 bits per heavy atom. The molecule has 148 valence electrons. The Kier molecular flexibility index (Phi) is 5.12. The van der Waals surface area contributed by atoms with E-state index in [9.17, 15) is 14.4 Å². The number of piperazine rings is 1. The number of Topliss-reactive ketones (excluding diaryl/α,β-unsaturated/α-hetero) is 1. The molecule has 29 heavy (non-hydrogen) atoms. The van der Waals surface area contributed by atoms with Crippen molar-refractivity contribution in [1.29, 1.82) is 0 Å². The average Bonchev–Trinajstić information content (AvgIpc) is 2.76. The first-order valence-electron chi connectivity index (χ1n) is 9.61. The van der Waals surface area contributed by atoms with Gasteiger partial charge in [0.25, 0.3) is 0 Å². The zero-order valence-electron chi connectivity index (χ0n) is 16.2. The van der Waals surface area contributed by atoms with E-state index >= 15 is 0 Å². The van der Waals surface area contributed by atoms with Crippen molar-refractivity contribution in [2.45, 2.75) is 13.5 Å². The molecular weight excluding hydrogens is 368 g/mol. The molecule has 0 unspecified atom stereocenters. The fourth-order valence-electron chi connectivity index (χ4n) is 3.64. The van der Waals surface area contributed by atoms with Gasteiger partial charge < -0.3 is 9.80 Å². The van der Waals surface area contributed by atoms with Gasteiger partial charge in [0, 0.05) is 42.8 Å². The molecule has 2 aromatic carbocycles. The van der Waals surface area contributed by atoms with Crippen molar-refractivity contribution in [2.75, 3.05) is 31.1 Å². The van der Waals surface area contributed by atoms with E-state index in [1.54, 1.807) is 29.8 Å². The summed E-state index contributed by atoms with van der Waals surface area (Å²) >= 11 is 0. The monoisotopic (exact) mass is 390 g/mol. The van der Waals surface area contributed by atoms with Gasteiger partial charge >= 0.3 is 0 Å². The molecule has 0 atom stereocenters. The molecule has 0 aliphatic carbocycles. The zero-order chi connectivity index (χ0) is 20.4. The molecular formula is C22H22N4O3. The Hall–Kier alpha value is -3.48. The largest absolute Gasteiger partial charge is 0.368 e. The zero-order valence-corrected chi connectivity index (χ0v) is 16.2. The number of rotatable bonds is 4. The topological polar surface area (TPSA) is 75.5 Å². The number of nitrogens with zero attached hydrogens (tertiary/aromatic N) is 4. The van der Waals surface area contributed by atoms with Crippen LogP contribution >= 0.6 is 0 Å². The van der Waals surface area contributed by atoms with Crippen molar-refractivity contribution in [1.82, 2.24) is 14.7 Å². The minimum absolute atomic E-state index is 0.0159. The van der Waals surface area contributed by atoms with Crippen LogP contribution in [0.3, 0.4) is 0 Å². The van der Waals surface area contributed by atoms with Crippen LogP contribution in [-0.4, -0.2) is 52.5 Å². The molecule has 2 heterocycles. The van der Waals surface area contributed by atoms with Gasteiger partial charge in [0.2, 0.25) is 11.3 Å². The molecule has 1 saturated heterocycles. The molecule has 1 aliphatic rings. The lowest BCUT2D eigenvalue weighted by atomic mass is 10.1. The molecule has 4 rings (SSSR count). The van der Waals surface area contributed by atoms with E-state index in [0.29, 0.717) is 29.6 Å². The second kappa shape index (κ2) is 7.87. The minimum Gasteiger partial charge on any atom is -0.368 e. The number of carbonyl (C=O) groups is 2. The predicted molar refractivity (Wildman–Crippen MR) is 111 cm³/mol. The summed E-state index contributed by atoms with van der Waals surface area (Å²) in [5, 5.41) is 4.71. The number of aromatic nitrogens is 2. The van der Waals surface area contributed by atoms with Gasteiger partial charge in [-0.05, 0) is 43.3 Å². The van der Waals surface area contributed by atoms with Crippen LogP contribution in [0.4, 0.5) is 5.69 Å². The second-order valence-corrected chi connectivity index (χ2v) is 7.15. The van der Waals surface area contributed by atoms with E-state index in [0.717, 1.165) is 18.8 Å². The molecule has 1 fully saturated rings. The molecule has 1 amide bonds. The lowest BCUT2D eigenvalue weighted by molar-refractivity contribution is -0.132. The summed E-state index contributed by atoms with van der Waals surface area (Å²) in [6, 6.07) is 14.8. The first-order chi connectivity index (χ1) is 14.0. The number of para-hydroxylation sites is 1. The van der Waals surface area contributed by atoms with Crippen molar-refractivity contribution in [3.63, 3.8) is 0 Å². The van der Waals surface area contributed by atoms with Gasteiger partial charge in [-0.1, -0.05) is 12.1 Å². The third-order valence-electron chi connectivity index (χ3n) is 5.32. The maximum absolute atomic E-state index is 12.8. The molecule has 7 heteroatoms. The summed E-state index contributed by atoms with van der Waals surface area (Å²) in [5.74, 6) is 0.0356. The van der Waals surface area contributed by atoms with Crippen molar-refractivity contribution in [3.8, 4) is 0 Å². The van der Waals surface area contributed by atoms with Gasteiger partial charge in [0.15, 0.2) is 5.78 Å². The Labute approximate surface area is 168 Å². The Morgan fingerprint density at radius 1 is 0.966 bits per heavy atom. The summed E-state index contributed by atoms with van der Waals surface area (Å²) in [6.07, 6.45) is 1.26. The summed E-state index contributed by atoms with van der Waals surface area (Å²) in [7, 11) is 0. The molecule has 0 saturated carbocycles. The van der Waals surface area contributed by atoms with Gasteiger partial charge in [-0.25, -0.2) is 0 Å². The highest BCUT2D eigenvalue weighted by Crippen LogP contribution is 2.18.